The molecular weight excluding hydrogens is 357 g/mol. The van der Waals surface area contributed by atoms with Gasteiger partial charge in [-0.25, -0.2) is 9.59 Å². The van der Waals surface area contributed by atoms with Crippen LogP contribution in [-0.4, -0.2) is 24.0 Å². The standard InChI is InChI=1S/C16H13F3N2O5/c1-8(13(22)21-15(20)24)25-14(23)12-6-5-11(26-12)9-3-2-4-10(7-9)16(17,18)19/h2-8H,1H3,(H3,20,21,22,24). The number of primary amides is 1. The van der Waals surface area contributed by atoms with E-state index < -0.39 is 35.8 Å². The Bertz CT molecular complexity index is 844. The van der Waals surface area contributed by atoms with Gasteiger partial charge in [0.1, 0.15) is 5.76 Å². The second-order valence-electron chi connectivity index (χ2n) is 5.14. The van der Waals surface area contributed by atoms with Crippen LogP contribution in [-0.2, 0) is 15.7 Å². The molecule has 3 amide bonds. The Hall–Kier alpha value is -3.30. The van der Waals surface area contributed by atoms with Crippen molar-refractivity contribution in [1.29, 1.82) is 0 Å². The van der Waals surface area contributed by atoms with Crippen LogP contribution in [0.2, 0.25) is 0 Å². The third-order valence-electron chi connectivity index (χ3n) is 3.18. The van der Waals surface area contributed by atoms with Crippen molar-refractivity contribution >= 4 is 17.9 Å². The van der Waals surface area contributed by atoms with Gasteiger partial charge in [-0.2, -0.15) is 13.2 Å². The number of rotatable bonds is 4. The number of nitrogens with one attached hydrogen (secondary N) is 1. The number of esters is 1. The van der Waals surface area contributed by atoms with E-state index in [9.17, 15) is 27.6 Å². The van der Waals surface area contributed by atoms with Crippen molar-refractivity contribution in [1.82, 2.24) is 5.32 Å². The van der Waals surface area contributed by atoms with Crippen LogP contribution in [0, 0.1) is 0 Å². The Morgan fingerprint density at radius 3 is 2.50 bits per heavy atom. The molecule has 2 aromatic rings. The van der Waals surface area contributed by atoms with E-state index in [0.29, 0.717) is 0 Å². The molecule has 1 heterocycles. The molecule has 0 aliphatic rings. The fraction of sp³-hybridized carbons (Fsp3) is 0.188. The lowest BCUT2D eigenvalue weighted by atomic mass is 10.1. The molecule has 1 unspecified atom stereocenters. The van der Waals surface area contributed by atoms with Gasteiger partial charge in [0.2, 0.25) is 5.76 Å². The number of furan rings is 1. The molecule has 1 aromatic carbocycles. The van der Waals surface area contributed by atoms with E-state index in [1.807, 2.05) is 0 Å². The summed E-state index contributed by atoms with van der Waals surface area (Å²) in [6.45, 7) is 1.20. The van der Waals surface area contributed by atoms with Crippen molar-refractivity contribution in [2.75, 3.05) is 0 Å². The largest absolute Gasteiger partial charge is 0.449 e. The lowest BCUT2D eigenvalue weighted by Crippen LogP contribution is -2.42. The van der Waals surface area contributed by atoms with Crippen LogP contribution >= 0.6 is 0 Å². The summed E-state index contributed by atoms with van der Waals surface area (Å²) in [5.74, 6) is -2.28. The quantitative estimate of drug-likeness (QED) is 0.804. The molecule has 10 heteroatoms. The van der Waals surface area contributed by atoms with E-state index in [2.05, 4.69) is 0 Å². The Morgan fingerprint density at radius 1 is 1.19 bits per heavy atom. The van der Waals surface area contributed by atoms with Gasteiger partial charge in [-0.1, -0.05) is 12.1 Å². The highest BCUT2D eigenvalue weighted by molar-refractivity contribution is 5.97. The minimum Gasteiger partial charge on any atom is -0.449 e. The molecule has 2 rings (SSSR count). The molecule has 0 aliphatic heterocycles. The average Bonchev–Trinajstić information content (AvgIpc) is 3.03. The maximum Gasteiger partial charge on any atom is 0.416 e. The summed E-state index contributed by atoms with van der Waals surface area (Å²) in [5, 5.41) is 1.74. The van der Waals surface area contributed by atoms with Gasteiger partial charge < -0.3 is 14.9 Å². The predicted octanol–water partition coefficient (Wildman–Crippen LogP) is 2.71. The molecule has 1 atom stereocenters. The summed E-state index contributed by atoms with van der Waals surface area (Å²) in [4.78, 5) is 34.0. The van der Waals surface area contributed by atoms with E-state index in [0.717, 1.165) is 12.1 Å². The second-order valence-corrected chi connectivity index (χ2v) is 5.14. The van der Waals surface area contributed by atoms with E-state index in [-0.39, 0.29) is 17.1 Å². The van der Waals surface area contributed by atoms with Crippen LogP contribution in [0.15, 0.2) is 40.8 Å². The van der Waals surface area contributed by atoms with Gasteiger partial charge in [0.05, 0.1) is 5.56 Å². The lowest BCUT2D eigenvalue weighted by molar-refractivity contribution is -0.137. The zero-order chi connectivity index (χ0) is 19.5. The molecule has 26 heavy (non-hydrogen) atoms. The summed E-state index contributed by atoms with van der Waals surface area (Å²) in [7, 11) is 0. The SMILES string of the molecule is CC(OC(=O)c1ccc(-c2cccc(C(F)(F)F)c2)o1)C(=O)NC(N)=O. The number of urea groups is 1. The molecule has 1 aromatic heterocycles. The number of imide groups is 1. The Morgan fingerprint density at radius 2 is 1.88 bits per heavy atom. The maximum atomic E-state index is 12.8. The number of hydrogen-bond acceptors (Lipinski definition) is 5. The van der Waals surface area contributed by atoms with Gasteiger partial charge in [0.25, 0.3) is 5.91 Å². The number of carbonyl (C=O) groups excluding carboxylic acids is 3. The average molecular weight is 370 g/mol. The number of ether oxygens (including phenoxy) is 1. The van der Waals surface area contributed by atoms with E-state index in [1.165, 1.54) is 31.2 Å². The molecule has 0 aliphatic carbocycles. The number of amides is 3. The van der Waals surface area contributed by atoms with Crippen molar-refractivity contribution in [3.63, 3.8) is 0 Å². The fourth-order valence-electron chi connectivity index (χ4n) is 1.95. The normalized spacial score (nSPS) is 12.3. The number of halogens is 3. The summed E-state index contributed by atoms with van der Waals surface area (Å²) in [5.41, 5.74) is 4.01. The molecule has 3 N–H and O–H groups in total. The highest BCUT2D eigenvalue weighted by Gasteiger charge is 2.30. The Balaban J connectivity index is 2.13. The van der Waals surface area contributed by atoms with Crippen molar-refractivity contribution in [2.24, 2.45) is 5.73 Å². The van der Waals surface area contributed by atoms with E-state index in [1.54, 1.807) is 5.32 Å². The first kappa shape index (κ1) is 19.0. The minimum atomic E-state index is -4.52. The number of alkyl halides is 3. The smallest absolute Gasteiger partial charge is 0.416 e. The number of nitrogens with two attached hydrogens (primary N) is 1. The summed E-state index contributed by atoms with van der Waals surface area (Å²) < 4.78 is 48.2. The molecule has 0 radical (unpaired) electrons. The first-order chi connectivity index (χ1) is 12.1. The molecular formula is C16H13F3N2O5. The molecule has 0 saturated carbocycles. The van der Waals surface area contributed by atoms with Crippen LogP contribution in [0.5, 0.6) is 0 Å². The van der Waals surface area contributed by atoms with Crippen LogP contribution in [0.25, 0.3) is 11.3 Å². The zero-order valence-corrected chi connectivity index (χ0v) is 13.3. The van der Waals surface area contributed by atoms with Gasteiger partial charge in [-0.05, 0) is 31.2 Å². The predicted molar refractivity (Wildman–Crippen MR) is 81.7 cm³/mol. The third-order valence-corrected chi connectivity index (χ3v) is 3.18. The van der Waals surface area contributed by atoms with Gasteiger partial charge in [-0.15, -0.1) is 0 Å². The van der Waals surface area contributed by atoms with Crippen molar-refractivity contribution in [3.05, 3.63) is 47.7 Å². The topological polar surface area (TPSA) is 112 Å². The van der Waals surface area contributed by atoms with Gasteiger partial charge >= 0.3 is 18.2 Å². The monoisotopic (exact) mass is 370 g/mol. The maximum absolute atomic E-state index is 12.8. The second kappa shape index (κ2) is 7.30. The number of carbonyl (C=O) groups is 3. The molecule has 138 valence electrons. The van der Waals surface area contributed by atoms with Gasteiger partial charge in [0, 0.05) is 5.56 Å². The summed E-state index contributed by atoms with van der Waals surface area (Å²) in [6.07, 6.45) is -5.86. The van der Waals surface area contributed by atoms with Crippen molar-refractivity contribution < 1.29 is 36.7 Å². The van der Waals surface area contributed by atoms with Crippen LogP contribution in [0.4, 0.5) is 18.0 Å². The molecule has 0 fully saturated rings. The van der Waals surface area contributed by atoms with E-state index in [4.69, 9.17) is 14.9 Å². The van der Waals surface area contributed by atoms with Gasteiger partial charge in [-0.3, -0.25) is 10.1 Å². The molecule has 0 bridgehead atoms. The first-order valence-corrected chi connectivity index (χ1v) is 7.16. The minimum absolute atomic E-state index is 0.0114. The summed E-state index contributed by atoms with van der Waals surface area (Å²) in [6, 6.07) is 5.73. The van der Waals surface area contributed by atoms with Crippen molar-refractivity contribution in [3.8, 4) is 11.3 Å². The number of benzene rings is 1. The Kier molecular flexibility index (Phi) is 5.34. The highest BCUT2D eigenvalue weighted by Crippen LogP contribution is 2.32. The first-order valence-electron chi connectivity index (χ1n) is 7.16. The Labute approximate surface area is 144 Å². The molecule has 0 saturated heterocycles. The summed E-state index contributed by atoms with van der Waals surface area (Å²) >= 11 is 0. The van der Waals surface area contributed by atoms with Gasteiger partial charge in [0.15, 0.2) is 6.10 Å². The van der Waals surface area contributed by atoms with Crippen LogP contribution < -0.4 is 11.1 Å². The van der Waals surface area contributed by atoms with Crippen molar-refractivity contribution in [2.45, 2.75) is 19.2 Å². The van der Waals surface area contributed by atoms with Crippen LogP contribution in [0.1, 0.15) is 23.0 Å². The lowest BCUT2D eigenvalue weighted by Gasteiger charge is -2.10. The molecule has 0 spiro atoms. The van der Waals surface area contributed by atoms with E-state index >= 15 is 0 Å². The fourth-order valence-corrected chi connectivity index (χ4v) is 1.95. The molecule has 7 nitrogen and oxygen atoms in total. The van der Waals surface area contributed by atoms with Crippen LogP contribution in [0.3, 0.4) is 0 Å². The zero-order valence-electron chi connectivity index (χ0n) is 13.3. The highest BCUT2D eigenvalue weighted by atomic mass is 19.4. The number of hydrogen-bond donors (Lipinski definition) is 2. The third kappa shape index (κ3) is 4.62.